The first kappa shape index (κ1) is 13.3. The number of hydrogen-bond donors (Lipinski definition) is 1. The molecule has 0 bridgehead atoms. The van der Waals surface area contributed by atoms with Gasteiger partial charge in [0, 0.05) is 18.5 Å². The van der Waals surface area contributed by atoms with Crippen LogP contribution in [0.25, 0.3) is 0 Å². The van der Waals surface area contributed by atoms with Crippen molar-refractivity contribution in [2.24, 2.45) is 0 Å². The molecule has 0 unspecified atom stereocenters. The number of ether oxygens (including phenoxy) is 1. The van der Waals surface area contributed by atoms with Crippen LogP contribution in [0.1, 0.15) is 16.8 Å². The molecule has 0 fully saturated rings. The third-order valence-electron chi connectivity index (χ3n) is 3.34. The maximum absolute atomic E-state index is 5.97. The van der Waals surface area contributed by atoms with Gasteiger partial charge in [0.25, 0.3) is 0 Å². The molecule has 1 N–H and O–H groups in total. The molecule has 1 aliphatic heterocycles. The minimum atomic E-state index is 0.299. The van der Waals surface area contributed by atoms with Crippen LogP contribution in [0.5, 0.6) is 0 Å². The van der Waals surface area contributed by atoms with E-state index in [1.807, 2.05) is 18.2 Å². The highest BCUT2D eigenvalue weighted by molar-refractivity contribution is 6.28. The monoisotopic (exact) mass is 289 g/mol. The van der Waals surface area contributed by atoms with Gasteiger partial charge in [0.1, 0.15) is 5.82 Å². The number of halogens is 1. The molecule has 3 rings (SSSR count). The third kappa shape index (κ3) is 3.08. The molecule has 104 valence electrons. The Labute approximate surface area is 123 Å². The van der Waals surface area contributed by atoms with Gasteiger partial charge in [-0.15, -0.1) is 0 Å². The van der Waals surface area contributed by atoms with Crippen LogP contribution in [0, 0.1) is 0 Å². The van der Waals surface area contributed by atoms with Gasteiger partial charge in [-0.1, -0.05) is 30.3 Å². The van der Waals surface area contributed by atoms with Crippen LogP contribution in [0.2, 0.25) is 5.28 Å². The Kier molecular flexibility index (Phi) is 4.14. The number of anilines is 1. The summed E-state index contributed by atoms with van der Waals surface area (Å²) in [6.07, 6.45) is 1.74. The smallest absolute Gasteiger partial charge is 0.224 e. The van der Waals surface area contributed by atoms with Crippen LogP contribution >= 0.6 is 11.6 Å². The molecule has 1 aliphatic rings. The topological polar surface area (TPSA) is 47.0 Å². The van der Waals surface area contributed by atoms with E-state index in [2.05, 4.69) is 27.4 Å². The fourth-order valence-corrected chi connectivity index (χ4v) is 2.50. The van der Waals surface area contributed by atoms with Gasteiger partial charge in [0.2, 0.25) is 5.28 Å². The van der Waals surface area contributed by atoms with Crippen LogP contribution in [-0.2, 0) is 24.2 Å². The Hall–Kier alpha value is -1.65. The van der Waals surface area contributed by atoms with E-state index in [9.17, 15) is 0 Å². The number of nitrogens with one attached hydrogen (secondary N) is 1. The average Bonchev–Trinajstić information content (AvgIpc) is 2.48. The Bertz CT molecular complexity index is 589. The summed E-state index contributed by atoms with van der Waals surface area (Å²) in [4.78, 5) is 8.56. The number of hydrogen-bond acceptors (Lipinski definition) is 4. The van der Waals surface area contributed by atoms with E-state index in [1.165, 1.54) is 5.56 Å². The molecule has 1 aromatic carbocycles. The van der Waals surface area contributed by atoms with Crippen molar-refractivity contribution in [3.8, 4) is 0 Å². The summed E-state index contributed by atoms with van der Waals surface area (Å²) in [5, 5.41) is 3.65. The normalized spacial score (nSPS) is 13.8. The maximum atomic E-state index is 5.97. The van der Waals surface area contributed by atoms with Crippen LogP contribution in [0.15, 0.2) is 30.3 Å². The van der Waals surface area contributed by atoms with Gasteiger partial charge in [0.05, 0.1) is 18.9 Å². The SMILES string of the molecule is Clc1nc2c(c(NCCc3ccccc3)n1)COCC2. The fraction of sp³-hybridized carbons (Fsp3) is 0.333. The predicted molar refractivity (Wildman–Crippen MR) is 79.0 cm³/mol. The van der Waals surface area contributed by atoms with Gasteiger partial charge in [-0.25, -0.2) is 9.97 Å². The zero-order chi connectivity index (χ0) is 13.8. The Morgan fingerprint density at radius 3 is 2.90 bits per heavy atom. The van der Waals surface area contributed by atoms with Gasteiger partial charge < -0.3 is 10.1 Å². The number of fused-ring (bicyclic) bond motifs is 1. The van der Waals surface area contributed by atoms with Crippen LogP contribution in [-0.4, -0.2) is 23.1 Å². The molecule has 0 saturated carbocycles. The summed E-state index contributed by atoms with van der Waals surface area (Å²) in [6.45, 7) is 2.06. The summed E-state index contributed by atoms with van der Waals surface area (Å²) in [6, 6.07) is 10.4. The molecule has 0 amide bonds. The molecule has 1 aromatic heterocycles. The van der Waals surface area contributed by atoms with Crippen molar-refractivity contribution in [2.75, 3.05) is 18.5 Å². The number of aromatic nitrogens is 2. The molecule has 0 saturated heterocycles. The fourth-order valence-electron chi connectivity index (χ4n) is 2.32. The summed E-state index contributed by atoms with van der Waals surface area (Å²) in [5.74, 6) is 0.802. The highest BCUT2D eigenvalue weighted by Gasteiger charge is 2.17. The Morgan fingerprint density at radius 1 is 1.20 bits per heavy atom. The second-order valence-corrected chi connectivity index (χ2v) is 5.07. The first-order valence-electron chi connectivity index (χ1n) is 6.74. The van der Waals surface area contributed by atoms with Gasteiger partial charge >= 0.3 is 0 Å². The van der Waals surface area contributed by atoms with E-state index >= 15 is 0 Å². The van der Waals surface area contributed by atoms with Crippen molar-refractivity contribution in [1.29, 1.82) is 0 Å². The molecule has 5 heteroatoms. The highest BCUT2D eigenvalue weighted by atomic mass is 35.5. The van der Waals surface area contributed by atoms with Gasteiger partial charge in [0.15, 0.2) is 0 Å². The number of nitrogens with zero attached hydrogens (tertiary/aromatic N) is 2. The summed E-state index contributed by atoms with van der Waals surface area (Å²) in [5.41, 5.74) is 3.33. The van der Waals surface area contributed by atoms with Crippen molar-refractivity contribution in [2.45, 2.75) is 19.4 Å². The van der Waals surface area contributed by atoms with Crippen LogP contribution in [0.3, 0.4) is 0 Å². The molecule has 2 aromatic rings. The number of benzene rings is 1. The van der Waals surface area contributed by atoms with Crippen molar-refractivity contribution >= 4 is 17.4 Å². The molecule has 2 heterocycles. The van der Waals surface area contributed by atoms with Gasteiger partial charge in [-0.2, -0.15) is 0 Å². The molecule has 0 spiro atoms. The lowest BCUT2D eigenvalue weighted by Crippen LogP contribution is -2.17. The van der Waals surface area contributed by atoms with E-state index < -0.39 is 0 Å². The van der Waals surface area contributed by atoms with E-state index in [0.29, 0.717) is 18.5 Å². The van der Waals surface area contributed by atoms with Gasteiger partial charge in [-0.3, -0.25) is 0 Å². The molecule has 0 atom stereocenters. The molecular weight excluding hydrogens is 274 g/mol. The second kappa shape index (κ2) is 6.20. The number of rotatable bonds is 4. The quantitative estimate of drug-likeness (QED) is 0.879. The van der Waals surface area contributed by atoms with Crippen molar-refractivity contribution in [3.63, 3.8) is 0 Å². The summed E-state index contributed by atoms with van der Waals surface area (Å²) < 4.78 is 5.48. The lowest BCUT2D eigenvalue weighted by Gasteiger charge is -2.19. The standard InChI is InChI=1S/C15H16ClN3O/c16-15-18-13-7-9-20-10-12(13)14(19-15)17-8-6-11-4-2-1-3-5-11/h1-5H,6-10H2,(H,17,18,19). The largest absolute Gasteiger partial charge is 0.376 e. The van der Waals surface area contributed by atoms with Crippen LogP contribution in [0.4, 0.5) is 5.82 Å². The zero-order valence-electron chi connectivity index (χ0n) is 11.1. The Morgan fingerprint density at radius 2 is 2.05 bits per heavy atom. The van der Waals surface area contributed by atoms with Crippen molar-refractivity contribution in [1.82, 2.24) is 9.97 Å². The zero-order valence-corrected chi connectivity index (χ0v) is 11.9. The lowest BCUT2D eigenvalue weighted by molar-refractivity contribution is 0.109. The second-order valence-electron chi connectivity index (χ2n) is 4.73. The van der Waals surface area contributed by atoms with Crippen molar-refractivity contribution in [3.05, 3.63) is 52.4 Å². The molecular formula is C15H16ClN3O. The minimum absolute atomic E-state index is 0.299. The molecule has 4 nitrogen and oxygen atoms in total. The van der Waals surface area contributed by atoms with Crippen LogP contribution < -0.4 is 5.32 Å². The lowest BCUT2D eigenvalue weighted by atomic mass is 10.1. The van der Waals surface area contributed by atoms with Gasteiger partial charge in [-0.05, 0) is 23.6 Å². The first-order chi connectivity index (χ1) is 9.83. The summed E-state index contributed by atoms with van der Waals surface area (Å²) in [7, 11) is 0. The molecule has 20 heavy (non-hydrogen) atoms. The van der Waals surface area contributed by atoms with Crippen molar-refractivity contribution < 1.29 is 4.74 Å². The predicted octanol–water partition coefficient (Wildman–Crippen LogP) is 2.86. The maximum Gasteiger partial charge on any atom is 0.224 e. The van der Waals surface area contributed by atoms with E-state index in [1.54, 1.807) is 0 Å². The third-order valence-corrected chi connectivity index (χ3v) is 3.51. The summed E-state index contributed by atoms with van der Waals surface area (Å²) >= 11 is 5.97. The Balaban J connectivity index is 1.69. The minimum Gasteiger partial charge on any atom is -0.376 e. The molecule has 0 aliphatic carbocycles. The average molecular weight is 290 g/mol. The molecule has 0 radical (unpaired) electrons. The first-order valence-corrected chi connectivity index (χ1v) is 7.11. The van der Waals surface area contributed by atoms with E-state index in [4.69, 9.17) is 16.3 Å². The highest BCUT2D eigenvalue weighted by Crippen LogP contribution is 2.23. The van der Waals surface area contributed by atoms with E-state index in [-0.39, 0.29) is 0 Å². The van der Waals surface area contributed by atoms with E-state index in [0.717, 1.165) is 36.5 Å².